The fourth-order valence-electron chi connectivity index (χ4n) is 3.38. The van der Waals surface area contributed by atoms with Crippen molar-refractivity contribution in [1.82, 2.24) is 9.88 Å². The summed E-state index contributed by atoms with van der Waals surface area (Å²) in [4.78, 5) is 24.3. The number of hydrogen-bond acceptors (Lipinski definition) is 6. The molecular formula is C27H20ClN3O2S2. The van der Waals surface area contributed by atoms with Gasteiger partial charge in [-0.25, -0.2) is 4.98 Å². The number of halogens is 1. The second kappa shape index (κ2) is 10.5. The molecule has 1 fully saturated rings. The second-order valence-corrected chi connectivity index (χ2v) is 10.0. The normalized spacial score (nSPS) is 15.8. The van der Waals surface area contributed by atoms with Gasteiger partial charge in [0.15, 0.2) is 5.17 Å². The van der Waals surface area contributed by atoms with Crippen LogP contribution in [0.25, 0.3) is 17.3 Å². The average molecular weight is 518 g/mol. The van der Waals surface area contributed by atoms with Crippen LogP contribution in [-0.4, -0.2) is 28.0 Å². The Kier molecular flexibility index (Phi) is 6.99. The summed E-state index contributed by atoms with van der Waals surface area (Å²) in [6.07, 6.45) is 1.86. The molecule has 1 amide bonds. The number of ether oxygens (including phenoxy) is 1. The molecule has 1 aromatic heterocycles. The summed E-state index contributed by atoms with van der Waals surface area (Å²) in [6.45, 7) is 0.434. The van der Waals surface area contributed by atoms with Crippen LogP contribution in [0, 0.1) is 0 Å². The third-order valence-corrected chi connectivity index (χ3v) is 7.28. The molecule has 0 radical (unpaired) electrons. The summed E-state index contributed by atoms with van der Waals surface area (Å²) >= 11 is 8.74. The lowest BCUT2D eigenvalue weighted by Gasteiger charge is -2.07. The van der Waals surface area contributed by atoms with Crippen LogP contribution in [-0.2, 0) is 11.4 Å². The molecule has 35 heavy (non-hydrogen) atoms. The molecule has 5 rings (SSSR count). The molecule has 0 unspecified atom stereocenters. The molecule has 0 atom stereocenters. The van der Waals surface area contributed by atoms with E-state index in [1.165, 1.54) is 23.1 Å². The predicted octanol–water partition coefficient (Wildman–Crippen LogP) is 7.28. The molecule has 174 valence electrons. The van der Waals surface area contributed by atoms with E-state index in [0.29, 0.717) is 26.8 Å². The van der Waals surface area contributed by atoms with E-state index < -0.39 is 0 Å². The van der Waals surface area contributed by atoms with E-state index in [1.54, 1.807) is 11.9 Å². The zero-order chi connectivity index (χ0) is 24.2. The second-order valence-electron chi connectivity index (χ2n) is 7.74. The SMILES string of the molecule is CN1C(=O)/C(=C/c2cccc(OCc3ccc(Cl)cc3)c2)S/C1=N/c1nc(-c2ccccc2)cs1. The van der Waals surface area contributed by atoms with Crippen LogP contribution in [0.2, 0.25) is 5.02 Å². The average Bonchev–Trinajstić information content (AvgIpc) is 3.45. The maximum absolute atomic E-state index is 12.9. The Hall–Kier alpha value is -3.39. The van der Waals surface area contributed by atoms with Crippen molar-refractivity contribution in [2.75, 3.05) is 7.05 Å². The lowest BCUT2D eigenvalue weighted by molar-refractivity contribution is -0.121. The molecule has 8 heteroatoms. The molecule has 4 aromatic rings. The van der Waals surface area contributed by atoms with E-state index in [1.807, 2.05) is 90.3 Å². The van der Waals surface area contributed by atoms with Gasteiger partial charge in [-0.3, -0.25) is 9.69 Å². The maximum Gasteiger partial charge on any atom is 0.266 e. The number of aliphatic imine (C=N–C) groups is 1. The van der Waals surface area contributed by atoms with Gasteiger partial charge in [-0.1, -0.05) is 66.2 Å². The summed E-state index contributed by atoms with van der Waals surface area (Å²) in [6, 6.07) is 25.2. The number of carbonyl (C=O) groups is 1. The molecule has 1 aliphatic heterocycles. The first-order valence-corrected chi connectivity index (χ1v) is 12.9. The highest BCUT2D eigenvalue weighted by atomic mass is 35.5. The Balaban J connectivity index is 1.30. The minimum atomic E-state index is -0.0962. The Morgan fingerprint density at radius 1 is 1.06 bits per heavy atom. The molecule has 1 saturated heterocycles. The van der Waals surface area contributed by atoms with Crippen LogP contribution in [0.1, 0.15) is 11.1 Å². The minimum absolute atomic E-state index is 0.0962. The van der Waals surface area contributed by atoms with Crippen molar-refractivity contribution in [3.05, 3.63) is 105 Å². The number of carbonyl (C=O) groups excluding carboxylic acids is 1. The molecular weight excluding hydrogens is 498 g/mol. The molecule has 0 aliphatic carbocycles. The lowest BCUT2D eigenvalue weighted by Crippen LogP contribution is -2.23. The van der Waals surface area contributed by atoms with Crippen LogP contribution in [0.3, 0.4) is 0 Å². The minimum Gasteiger partial charge on any atom is -0.489 e. The van der Waals surface area contributed by atoms with E-state index in [2.05, 4.69) is 9.98 Å². The fourth-order valence-corrected chi connectivity index (χ4v) is 5.23. The Labute approximate surface area is 216 Å². The molecule has 2 heterocycles. The maximum atomic E-state index is 12.9. The smallest absolute Gasteiger partial charge is 0.266 e. The predicted molar refractivity (Wildman–Crippen MR) is 145 cm³/mol. The number of benzene rings is 3. The van der Waals surface area contributed by atoms with Gasteiger partial charge >= 0.3 is 0 Å². The quantitative estimate of drug-likeness (QED) is 0.252. The van der Waals surface area contributed by atoms with Gasteiger partial charge in [0, 0.05) is 23.0 Å². The number of hydrogen-bond donors (Lipinski definition) is 0. The van der Waals surface area contributed by atoms with Gasteiger partial charge in [-0.2, -0.15) is 4.99 Å². The molecule has 0 spiro atoms. The number of aromatic nitrogens is 1. The van der Waals surface area contributed by atoms with Crippen LogP contribution in [0.5, 0.6) is 5.75 Å². The first-order valence-electron chi connectivity index (χ1n) is 10.8. The standard InChI is InChI=1S/C27H20ClN3O2S2/c1-31-25(32)24(35-27(31)30-26-29-23(17-34-26)20-7-3-2-4-8-20)15-19-6-5-9-22(14-19)33-16-18-10-12-21(28)13-11-18/h2-15,17H,16H2,1H3/b24-15-,30-27+. The van der Waals surface area contributed by atoms with Crippen molar-refractivity contribution >= 4 is 57.0 Å². The highest BCUT2D eigenvalue weighted by Gasteiger charge is 2.30. The number of thiazole rings is 1. The summed E-state index contributed by atoms with van der Waals surface area (Å²) in [5, 5.41) is 3.89. The van der Waals surface area contributed by atoms with Crippen molar-refractivity contribution in [2.24, 2.45) is 4.99 Å². The summed E-state index contributed by atoms with van der Waals surface area (Å²) in [5.41, 5.74) is 3.82. The van der Waals surface area contributed by atoms with E-state index in [9.17, 15) is 4.79 Å². The lowest BCUT2D eigenvalue weighted by atomic mass is 10.2. The Bertz CT molecular complexity index is 1420. The number of amidine groups is 1. The van der Waals surface area contributed by atoms with Gasteiger partial charge in [-0.05, 0) is 53.2 Å². The number of amides is 1. The number of nitrogens with zero attached hydrogens (tertiary/aromatic N) is 3. The molecule has 0 bridgehead atoms. The van der Waals surface area contributed by atoms with Crippen molar-refractivity contribution in [3.63, 3.8) is 0 Å². The largest absolute Gasteiger partial charge is 0.489 e. The molecule has 0 saturated carbocycles. The molecule has 5 nitrogen and oxygen atoms in total. The van der Waals surface area contributed by atoms with Crippen LogP contribution in [0.4, 0.5) is 5.13 Å². The Morgan fingerprint density at radius 3 is 2.66 bits per heavy atom. The summed E-state index contributed by atoms with van der Waals surface area (Å²) in [7, 11) is 1.73. The molecule has 3 aromatic carbocycles. The zero-order valence-corrected chi connectivity index (χ0v) is 21.1. The summed E-state index contributed by atoms with van der Waals surface area (Å²) in [5.74, 6) is 0.629. The van der Waals surface area contributed by atoms with Crippen LogP contribution in [0.15, 0.2) is 94.1 Å². The monoisotopic (exact) mass is 517 g/mol. The third kappa shape index (κ3) is 5.65. The van der Waals surface area contributed by atoms with E-state index in [-0.39, 0.29) is 5.91 Å². The highest BCUT2D eigenvalue weighted by molar-refractivity contribution is 8.18. The summed E-state index contributed by atoms with van der Waals surface area (Å²) < 4.78 is 5.92. The van der Waals surface area contributed by atoms with Gasteiger partial charge in [-0.15, -0.1) is 11.3 Å². The number of thioether (sulfide) groups is 1. The van der Waals surface area contributed by atoms with Gasteiger partial charge in [0.25, 0.3) is 5.91 Å². The van der Waals surface area contributed by atoms with Crippen LogP contribution >= 0.6 is 34.7 Å². The van der Waals surface area contributed by atoms with E-state index in [0.717, 1.165) is 28.1 Å². The van der Waals surface area contributed by atoms with E-state index >= 15 is 0 Å². The van der Waals surface area contributed by atoms with Gasteiger partial charge in [0.2, 0.25) is 5.13 Å². The van der Waals surface area contributed by atoms with E-state index in [4.69, 9.17) is 16.3 Å². The van der Waals surface area contributed by atoms with Gasteiger partial charge in [0.1, 0.15) is 12.4 Å². The number of rotatable bonds is 6. The van der Waals surface area contributed by atoms with Crippen molar-refractivity contribution in [1.29, 1.82) is 0 Å². The Morgan fingerprint density at radius 2 is 1.86 bits per heavy atom. The van der Waals surface area contributed by atoms with Crippen molar-refractivity contribution in [2.45, 2.75) is 6.61 Å². The van der Waals surface area contributed by atoms with Crippen molar-refractivity contribution < 1.29 is 9.53 Å². The first kappa shape index (κ1) is 23.4. The molecule has 0 N–H and O–H groups in total. The number of likely N-dealkylation sites (N-methyl/N-ethyl adjacent to an activating group) is 1. The van der Waals surface area contributed by atoms with Crippen LogP contribution < -0.4 is 4.74 Å². The fraction of sp³-hybridized carbons (Fsp3) is 0.0741. The highest BCUT2D eigenvalue weighted by Crippen LogP contribution is 2.35. The third-order valence-electron chi connectivity index (χ3n) is 5.23. The van der Waals surface area contributed by atoms with Gasteiger partial charge in [0.05, 0.1) is 10.6 Å². The van der Waals surface area contributed by atoms with Gasteiger partial charge < -0.3 is 4.74 Å². The topological polar surface area (TPSA) is 54.8 Å². The zero-order valence-electron chi connectivity index (χ0n) is 18.7. The first-order chi connectivity index (χ1) is 17.0. The van der Waals surface area contributed by atoms with Crippen molar-refractivity contribution in [3.8, 4) is 17.0 Å². The molecule has 1 aliphatic rings.